The maximum absolute atomic E-state index is 13.6. The first-order valence-electron chi connectivity index (χ1n) is 7.39. The zero-order valence-electron chi connectivity index (χ0n) is 12.3. The van der Waals surface area contributed by atoms with Crippen molar-refractivity contribution in [1.29, 1.82) is 0 Å². The lowest BCUT2D eigenvalue weighted by Crippen LogP contribution is -2.41. The summed E-state index contributed by atoms with van der Waals surface area (Å²) in [5.41, 5.74) is 1.43. The van der Waals surface area contributed by atoms with E-state index in [2.05, 4.69) is 5.32 Å². The number of nitrogens with zero attached hydrogens (tertiary/aromatic N) is 1. The minimum absolute atomic E-state index is 0.0413. The Morgan fingerprint density at radius 3 is 2.50 bits per heavy atom. The number of hydrogen-bond donors (Lipinski definition) is 1. The molecule has 20 heavy (non-hydrogen) atoms. The zero-order valence-corrected chi connectivity index (χ0v) is 12.3. The number of carbonyl (C=O) groups excluding carboxylic acids is 1. The molecule has 0 radical (unpaired) electrons. The molecule has 1 fully saturated rings. The first-order chi connectivity index (χ1) is 9.58. The van der Waals surface area contributed by atoms with Crippen molar-refractivity contribution in [2.45, 2.75) is 45.6 Å². The molecule has 3 nitrogen and oxygen atoms in total. The van der Waals surface area contributed by atoms with Crippen LogP contribution in [0.1, 0.15) is 49.8 Å². The number of likely N-dealkylation sites (tertiary alicyclic amines) is 1. The second-order valence-corrected chi connectivity index (χ2v) is 5.58. The molecular formula is C16H23FN2O. The molecule has 1 N–H and O–H groups in total. The largest absolute Gasteiger partial charge is 0.331 e. The molecule has 0 aromatic heterocycles. The average molecular weight is 278 g/mol. The number of hydrogen-bond acceptors (Lipinski definition) is 1. The van der Waals surface area contributed by atoms with Crippen LogP contribution in [0.15, 0.2) is 18.2 Å². The van der Waals surface area contributed by atoms with E-state index < -0.39 is 0 Å². The molecule has 4 heteroatoms. The summed E-state index contributed by atoms with van der Waals surface area (Å²) >= 11 is 0. The molecule has 1 aromatic carbocycles. The highest BCUT2D eigenvalue weighted by atomic mass is 19.1. The minimum atomic E-state index is -0.224. The molecule has 2 rings (SSSR count). The van der Waals surface area contributed by atoms with Gasteiger partial charge in [-0.05, 0) is 43.9 Å². The number of rotatable bonds is 2. The van der Waals surface area contributed by atoms with Crippen LogP contribution in [0.2, 0.25) is 0 Å². The van der Waals surface area contributed by atoms with E-state index in [0.29, 0.717) is 5.56 Å². The van der Waals surface area contributed by atoms with Gasteiger partial charge in [0.2, 0.25) is 0 Å². The van der Waals surface area contributed by atoms with Crippen LogP contribution in [-0.2, 0) is 0 Å². The molecule has 1 aliphatic rings. The second kappa shape index (κ2) is 6.73. The van der Waals surface area contributed by atoms with Crippen LogP contribution in [0.4, 0.5) is 9.18 Å². The number of benzene rings is 1. The van der Waals surface area contributed by atoms with Crippen LogP contribution in [0.5, 0.6) is 0 Å². The van der Waals surface area contributed by atoms with E-state index in [-0.39, 0.29) is 17.9 Å². The predicted molar refractivity (Wildman–Crippen MR) is 78.1 cm³/mol. The second-order valence-electron chi connectivity index (χ2n) is 5.58. The fourth-order valence-electron chi connectivity index (χ4n) is 2.51. The fraction of sp³-hybridized carbons (Fsp3) is 0.562. The molecule has 0 spiro atoms. The third kappa shape index (κ3) is 3.71. The lowest BCUT2D eigenvalue weighted by molar-refractivity contribution is 0.196. The third-order valence-corrected chi connectivity index (χ3v) is 3.93. The Labute approximate surface area is 120 Å². The molecule has 110 valence electrons. The average Bonchev–Trinajstić information content (AvgIpc) is 2.70. The van der Waals surface area contributed by atoms with Crippen LogP contribution < -0.4 is 5.32 Å². The highest BCUT2D eigenvalue weighted by Crippen LogP contribution is 2.17. The smallest absolute Gasteiger partial charge is 0.317 e. The van der Waals surface area contributed by atoms with Crippen LogP contribution in [0.25, 0.3) is 0 Å². The van der Waals surface area contributed by atoms with Crippen molar-refractivity contribution in [2.75, 3.05) is 13.1 Å². The molecule has 1 heterocycles. The van der Waals surface area contributed by atoms with Crippen molar-refractivity contribution < 1.29 is 9.18 Å². The lowest BCUT2D eigenvalue weighted by atomic mass is 10.1. The summed E-state index contributed by atoms with van der Waals surface area (Å²) in [6, 6.07) is 4.90. The predicted octanol–water partition coefficient (Wildman–Crippen LogP) is 3.78. The van der Waals surface area contributed by atoms with Gasteiger partial charge in [-0.15, -0.1) is 0 Å². The van der Waals surface area contributed by atoms with E-state index in [1.807, 2.05) is 17.9 Å². The zero-order chi connectivity index (χ0) is 14.5. The molecular weight excluding hydrogens is 255 g/mol. The van der Waals surface area contributed by atoms with Gasteiger partial charge in [-0.3, -0.25) is 0 Å². The maximum Gasteiger partial charge on any atom is 0.317 e. The first-order valence-corrected chi connectivity index (χ1v) is 7.39. The Hall–Kier alpha value is -1.58. The summed E-state index contributed by atoms with van der Waals surface area (Å²) in [4.78, 5) is 14.1. The Morgan fingerprint density at radius 2 is 1.90 bits per heavy atom. The van der Waals surface area contributed by atoms with Gasteiger partial charge in [-0.1, -0.05) is 25.0 Å². The van der Waals surface area contributed by atoms with Gasteiger partial charge in [0.05, 0.1) is 6.04 Å². The molecule has 1 aliphatic heterocycles. The summed E-state index contributed by atoms with van der Waals surface area (Å²) in [5, 5.41) is 2.96. The van der Waals surface area contributed by atoms with Gasteiger partial charge in [0, 0.05) is 13.1 Å². The van der Waals surface area contributed by atoms with Gasteiger partial charge < -0.3 is 10.2 Å². The highest BCUT2D eigenvalue weighted by Gasteiger charge is 2.18. The molecule has 1 unspecified atom stereocenters. The van der Waals surface area contributed by atoms with E-state index in [1.54, 1.807) is 13.0 Å². The van der Waals surface area contributed by atoms with Crippen molar-refractivity contribution in [3.8, 4) is 0 Å². The number of amides is 2. The van der Waals surface area contributed by atoms with Crippen molar-refractivity contribution in [3.63, 3.8) is 0 Å². The monoisotopic (exact) mass is 278 g/mol. The molecule has 1 saturated heterocycles. The van der Waals surface area contributed by atoms with Gasteiger partial charge in [0.25, 0.3) is 0 Å². The van der Waals surface area contributed by atoms with Crippen LogP contribution in [0.3, 0.4) is 0 Å². The summed E-state index contributed by atoms with van der Waals surface area (Å²) in [6.45, 7) is 5.26. The Kier molecular flexibility index (Phi) is 4.99. The SMILES string of the molecule is Cc1ccc(C(C)NC(=O)N2CCCCCC2)cc1F. The fourth-order valence-corrected chi connectivity index (χ4v) is 2.51. The number of urea groups is 1. The lowest BCUT2D eigenvalue weighted by Gasteiger charge is -2.24. The third-order valence-electron chi connectivity index (χ3n) is 3.93. The molecule has 1 atom stereocenters. The normalized spacial score (nSPS) is 17.4. The summed E-state index contributed by atoms with van der Waals surface area (Å²) in [5.74, 6) is -0.224. The standard InChI is InChI=1S/C16H23FN2O/c1-12-7-8-14(11-15(12)17)13(2)18-16(20)19-9-5-3-4-6-10-19/h7-8,11,13H,3-6,9-10H2,1-2H3,(H,18,20). The summed E-state index contributed by atoms with van der Waals surface area (Å²) < 4.78 is 13.6. The van der Waals surface area contributed by atoms with Crippen LogP contribution in [0, 0.1) is 12.7 Å². The van der Waals surface area contributed by atoms with Crippen LogP contribution >= 0.6 is 0 Å². The Balaban J connectivity index is 1.97. The summed E-state index contributed by atoms with van der Waals surface area (Å²) in [6.07, 6.45) is 4.53. The topological polar surface area (TPSA) is 32.3 Å². The van der Waals surface area contributed by atoms with E-state index >= 15 is 0 Å². The molecule has 2 amide bonds. The van der Waals surface area contributed by atoms with Gasteiger partial charge in [0.1, 0.15) is 5.82 Å². The van der Waals surface area contributed by atoms with Crippen molar-refractivity contribution in [1.82, 2.24) is 10.2 Å². The van der Waals surface area contributed by atoms with E-state index in [0.717, 1.165) is 31.5 Å². The molecule has 0 aliphatic carbocycles. The van der Waals surface area contributed by atoms with Crippen LogP contribution in [-0.4, -0.2) is 24.0 Å². The van der Waals surface area contributed by atoms with E-state index in [4.69, 9.17) is 0 Å². The minimum Gasteiger partial charge on any atom is -0.331 e. The number of carbonyl (C=O) groups is 1. The summed E-state index contributed by atoms with van der Waals surface area (Å²) in [7, 11) is 0. The number of halogens is 1. The van der Waals surface area contributed by atoms with E-state index in [9.17, 15) is 9.18 Å². The van der Waals surface area contributed by atoms with Crippen molar-refractivity contribution in [2.24, 2.45) is 0 Å². The first kappa shape index (κ1) is 14.8. The number of nitrogens with one attached hydrogen (secondary N) is 1. The molecule has 0 saturated carbocycles. The Bertz CT molecular complexity index is 468. The van der Waals surface area contributed by atoms with E-state index in [1.165, 1.54) is 18.9 Å². The van der Waals surface area contributed by atoms with Gasteiger partial charge in [-0.2, -0.15) is 0 Å². The molecule has 1 aromatic rings. The van der Waals surface area contributed by atoms with Gasteiger partial charge in [-0.25, -0.2) is 9.18 Å². The maximum atomic E-state index is 13.6. The van der Waals surface area contributed by atoms with Gasteiger partial charge in [0.15, 0.2) is 0 Å². The number of aryl methyl sites for hydroxylation is 1. The van der Waals surface area contributed by atoms with Crippen molar-refractivity contribution >= 4 is 6.03 Å². The molecule has 0 bridgehead atoms. The Morgan fingerprint density at radius 1 is 1.25 bits per heavy atom. The quantitative estimate of drug-likeness (QED) is 0.877. The van der Waals surface area contributed by atoms with Crippen molar-refractivity contribution in [3.05, 3.63) is 35.1 Å². The highest BCUT2D eigenvalue weighted by molar-refractivity contribution is 5.74. The van der Waals surface area contributed by atoms with Gasteiger partial charge >= 0.3 is 6.03 Å².